The fraction of sp³-hybridized carbons (Fsp3) is 0.0435. The Bertz CT molecular complexity index is 1260. The lowest BCUT2D eigenvalue weighted by atomic mass is 10.2. The third kappa shape index (κ3) is 4.01. The molecule has 0 unspecified atom stereocenters. The minimum atomic E-state index is -0.110. The Labute approximate surface area is 177 Å². The van der Waals surface area contributed by atoms with Gasteiger partial charge in [-0.1, -0.05) is 23.9 Å². The first-order chi connectivity index (χ1) is 14.7. The van der Waals surface area contributed by atoms with E-state index in [1.807, 2.05) is 66.7 Å². The zero-order valence-corrected chi connectivity index (χ0v) is 17.0. The molecule has 0 atom stereocenters. The van der Waals surface area contributed by atoms with Crippen LogP contribution in [0.15, 0.2) is 76.7 Å². The van der Waals surface area contributed by atoms with Gasteiger partial charge in [0, 0.05) is 40.4 Å². The highest BCUT2D eigenvalue weighted by Crippen LogP contribution is 2.32. The average Bonchev–Trinajstić information content (AvgIpc) is 3.20. The topological polar surface area (TPSA) is 78.7 Å². The molecule has 2 aromatic carbocycles. The smallest absolute Gasteiger partial charge is 0.355 e. The van der Waals surface area contributed by atoms with Crippen LogP contribution in [0, 0.1) is 0 Å². The van der Waals surface area contributed by atoms with Gasteiger partial charge >= 0.3 is 6.41 Å². The molecule has 0 saturated carbocycles. The number of nitrogens with zero attached hydrogens (tertiary/aromatic N) is 2. The van der Waals surface area contributed by atoms with Crippen molar-refractivity contribution >= 4 is 47.1 Å². The van der Waals surface area contributed by atoms with Gasteiger partial charge in [0.25, 0.3) is 5.91 Å². The molecule has 4 rings (SSSR count). The standard InChI is InChI=1S/C23H18N4O2S/c1-24-23(29)19-7-2-3-8-22(19)30-17-10-11-18-20(25-26-21(18)14-17)12-9-16-6-4-5-13-27(16)15-28/h2-15H,1H3,(H,24,29)/p+1. The second-order valence-corrected chi connectivity index (χ2v) is 7.58. The Balaban J connectivity index is 1.61. The predicted octanol–water partition coefficient (Wildman–Crippen LogP) is 3.57. The van der Waals surface area contributed by atoms with Crippen molar-refractivity contribution in [2.75, 3.05) is 7.05 Å². The van der Waals surface area contributed by atoms with Crippen LogP contribution in [0.5, 0.6) is 0 Å². The summed E-state index contributed by atoms with van der Waals surface area (Å²) in [6, 6.07) is 19.1. The van der Waals surface area contributed by atoms with E-state index in [0.29, 0.717) is 5.56 Å². The summed E-state index contributed by atoms with van der Waals surface area (Å²) in [6.07, 6.45) is 6.20. The maximum Gasteiger partial charge on any atom is 0.380 e. The van der Waals surface area contributed by atoms with Crippen LogP contribution in [0.4, 0.5) is 0 Å². The molecule has 7 heteroatoms. The fourth-order valence-electron chi connectivity index (χ4n) is 3.09. The van der Waals surface area contributed by atoms with Crippen molar-refractivity contribution in [2.45, 2.75) is 9.79 Å². The van der Waals surface area contributed by atoms with Crippen LogP contribution >= 0.6 is 11.8 Å². The van der Waals surface area contributed by atoms with Crippen molar-refractivity contribution in [3.8, 4) is 0 Å². The number of benzene rings is 2. The first kappa shape index (κ1) is 19.6. The molecule has 148 valence electrons. The number of amides is 1. The van der Waals surface area contributed by atoms with Gasteiger partial charge in [-0.3, -0.25) is 9.89 Å². The number of pyridine rings is 1. The molecule has 30 heavy (non-hydrogen) atoms. The number of H-pyrrole nitrogens is 1. The van der Waals surface area contributed by atoms with Gasteiger partial charge in [-0.25, -0.2) is 4.79 Å². The number of rotatable bonds is 6. The van der Waals surface area contributed by atoms with Gasteiger partial charge in [-0.2, -0.15) is 5.10 Å². The van der Waals surface area contributed by atoms with Crippen LogP contribution in [0.3, 0.4) is 0 Å². The monoisotopic (exact) mass is 415 g/mol. The molecule has 0 bridgehead atoms. The Kier molecular flexibility index (Phi) is 5.72. The van der Waals surface area contributed by atoms with Crippen LogP contribution < -0.4 is 9.88 Å². The first-order valence-corrected chi connectivity index (χ1v) is 10.1. The molecule has 0 aliphatic heterocycles. The van der Waals surface area contributed by atoms with Crippen LogP contribution in [-0.2, 0) is 4.79 Å². The molecular weight excluding hydrogens is 396 g/mol. The van der Waals surface area contributed by atoms with Crippen molar-refractivity contribution in [2.24, 2.45) is 0 Å². The van der Waals surface area contributed by atoms with Gasteiger partial charge in [0.15, 0.2) is 6.20 Å². The zero-order valence-electron chi connectivity index (χ0n) is 16.2. The normalized spacial score (nSPS) is 11.1. The predicted molar refractivity (Wildman–Crippen MR) is 118 cm³/mol. The van der Waals surface area contributed by atoms with E-state index >= 15 is 0 Å². The molecule has 0 saturated heterocycles. The summed E-state index contributed by atoms with van der Waals surface area (Å²) >= 11 is 1.53. The maximum absolute atomic E-state index is 12.1. The molecule has 0 spiro atoms. The van der Waals surface area contributed by atoms with E-state index in [-0.39, 0.29) is 5.91 Å². The molecule has 2 aromatic heterocycles. The minimum absolute atomic E-state index is 0.110. The SMILES string of the molecule is CNC(=O)c1ccccc1Sc1ccc2c(/C=C/c3cccc[n+]3C=O)n[nH]c2c1. The van der Waals surface area contributed by atoms with Gasteiger partial charge < -0.3 is 5.32 Å². The summed E-state index contributed by atoms with van der Waals surface area (Å²) in [7, 11) is 1.63. The second-order valence-electron chi connectivity index (χ2n) is 6.47. The average molecular weight is 415 g/mol. The number of aromatic amines is 1. The van der Waals surface area contributed by atoms with Crippen LogP contribution in [0.25, 0.3) is 23.1 Å². The molecule has 0 aliphatic rings. The molecule has 2 heterocycles. The lowest BCUT2D eigenvalue weighted by molar-refractivity contribution is -0.554. The summed E-state index contributed by atoms with van der Waals surface area (Å²) in [5, 5.41) is 11.1. The van der Waals surface area contributed by atoms with Gasteiger partial charge in [-0.05, 0) is 42.5 Å². The number of hydrogen-bond acceptors (Lipinski definition) is 4. The van der Waals surface area contributed by atoms with Crippen LogP contribution in [-0.4, -0.2) is 29.6 Å². The van der Waals surface area contributed by atoms with Gasteiger partial charge in [0.05, 0.1) is 16.8 Å². The van der Waals surface area contributed by atoms with Gasteiger partial charge in [0.1, 0.15) is 0 Å². The van der Waals surface area contributed by atoms with E-state index in [2.05, 4.69) is 15.5 Å². The molecule has 6 nitrogen and oxygen atoms in total. The Morgan fingerprint density at radius 2 is 1.93 bits per heavy atom. The van der Waals surface area contributed by atoms with Crippen LogP contribution in [0.2, 0.25) is 0 Å². The second kappa shape index (κ2) is 8.75. The van der Waals surface area contributed by atoms with Crippen molar-refractivity contribution in [1.82, 2.24) is 15.5 Å². The Morgan fingerprint density at radius 3 is 2.77 bits per heavy atom. The molecular formula is C23H19N4O2S+. The van der Waals surface area contributed by atoms with Crippen LogP contribution in [0.1, 0.15) is 21.7 Å². The van der Waals surface area contributed by atoms with E-state index in [4.69, 9.17) is 0 Å². The van der Waals surface area contributed by atoms with Crippen molar-refractivity contribution < 1.29 is 14.2 Å². The number of carbonyl (C=O) groups is 2. The van der Waals surface area contributed by atoms with E-state index < -0.39 is 0 Å². The van der Waals surface area contributed by atoms with E-state index in [1.54, 1.807) is 19.3 Å². The van der Waals surface area contributed by atoms with Crippen molar-refractivity contribution in [1.29, 1.82) is 0 Å². The summed E-state index contributed by atoms with van der Waals surface area (Å²) < 4.78 is 1.50. The third-order valence-corrected chi connectivity index (χ3v) is 5.66. The molecule has 4 aromatic rings. The van der Waals surface area contributed by atoms with E-state index in [0.717, 1.165) is 38.5 Å². The number of hydrogen-bond donors (Lipinski definition) is 2. The quantitative estimate of drug-likeness (QED) is 0.373. The summed E-state index contributed by atoms with van der Waals surface area (Å²) in [5.41, 5.74) is 3.09. The van der Waals surface area contributed by atoms with Gasteiger partial charge in [-0.15, -0.1) is 4.57 Å². The van der Waals surface area contributed by atoms with E-state index in [1.165, 1.54) is 16.3 Å². The van der Waals surface area contributed by atoms with Crippen molar-refractivity contribution in [3.05, 3.63) is 83.8 Å². The van der Waals surface area contributed by atoms with E-state index in [9.17, 15) is 9.59 Å². The van der Waals surface area contributed by atoms with Gasteiger partial charge in [0.2, 0.25) is 5.69 Å². The fourth-order valence-corrected chi connectivity index (χ4v) is 4.07. The Hall–Kier alpha value is -3.71. The summed E-state index contributed by atoms with van der Waals surface area (Å²) in [5.74, 6) is -0.110. The van der Waals surface area contributed by atoms with Crippen molar-refractivity contribution in [3.63, 3.8) is 0 Å². The number of carbonyl (C=O) groups excluding carboxylic acids is 2. The molecule has 0 radical (unpaired) electrons. The molecule has 0 aliphatic carbocycles. The first-order valence-electron chi connectivity index (χ1n) is 9.30. The summed E-state index contributed by atoms with van der Waals surface area (Å²) in [6.45, 7) is 0. The molecule has 1 amide bonds. The Morgan fingerprint density at radius 1 is 1.10 bits per heavy atom. The lowest BCUT2D eigenvalue weighted by Crippen LogP contribution is -2.35. The summed E-state index contributed by atoms with van der Waals surface area (Å²) in [4.78, 5) is 25.1. The number of aromatic nitrogens is 3. The highest BCUT2D eigenvalue weighted by Gasteiger charge is 2.12. The largest absolute Gasteiger partial charge is 0.380 e. The lowest BCUT2D eigenvalue weighted by Gasteiger charge is -2.08. The zero-order chi connectivity index (χ0) is 20.9. The molecule has 2 N–H and O–H groups in total. The highest BCUT2D eigenvalue weighted by molar-refractivity contribution is 7.99. The maximum atomic E-state index is 12.1. The highest BCUT2D eigenvalue weighted by atomic mass is 32.2. The molecule has 0 fully saturated rings. The number of nitrogens with one attached hydrogen (secondary N) is 2. The number of fused-ring (bicyclic) bond motifs is 1. The minimum Gasteiger partial charge on any atom is -0.355 e. The third-order valence-electron chi connectivity index (χ3n) is 4.60.